The van der Waals surface area contributed by atoms with Gasteiger partial charge in [0.2, 0.25) is 5.91 Å². The van der Waals surface area contributed by atoms with E-state index in [1.165, 1.54) is 0 Å². The van der Waals surface area contributed by atoms with Crippen LogP contribution in [0.4, 0.5) is 0 Å². The third kappa shape index (κ3) is 3.20. The lowest BCUT2D eigenvalue weighted by atomic mass is 9.91. The molecule has 16 heavy (non-hydrogen) atoms. The van der Waals surface area contributed by atoms with Gasteiger partial charge in [0.1, 0.15) is 0 Å². The number of piperidine rings is 1. The van der Waals surface area contributed by atoms with Crippen LogP contribution in [0.15, 0.2) is 0 Å². The summed E-state index contributed by atoms with van der Waals surface area (Å²) in [4.78, 5) is 24.4. The van der Waals surface area contributed by atoms with Crippen LogP contribution in [0.3, 0.4) is 0 Å². The van der Waals surface area contributed by atoms with Gasteiger partial charge in [-0.1, -0.05) is 0 Å². The predicted octanol–water partition coefficient (Wildman–Crippen LogP) is 0.308. The van der Waals surface area contributed by atoms with Gasteiger partial charge in [-0.05, 0) is 26.8 Å². The van der Waals surface area contributed by atoms with E-state index in [1.807, 2.05) is 14.0 Å². The number of hydrogen-bond acceptors (Lipinski definition) is 3. The highest BCUT2D eigenvalue weighted by atomic mass is 16.4. The molecule has 1 rings (SSSR count). The van der Waals surface area contributed by atoms with Gasteiger partial charge in [0.15, 0.2) is 0 Å². The van der Waals surface area contributed by atoms with Crippen LogP contribution in [0.2, 0.25) is 0 Å². The summed E-state index contributed by atoms with van der Waals surface area (Å²) >= 11 is 0. The molecule has 0 aliphatic carbocycles. The molecule has 1 fully saturated rings. The molecule has 5 nitrogen and oxygen atoms in total. The molecule has 1 aliphatic heterocycles. The summed E-state index contributed by atoms with van der Waals surface area (Å²) in [5.74, 6) is -0.914. The van der Waals surface area contributed by atoms with Crippen molar-refractivity contribution in [1.29, 1.82) is 0 Å². The van der Waals surface area contributed by atoms with E-state index in [0.29, 0.717) is 32.4 Å². The number of hydrogen-bond donors (Lipinski definition) is 2. The Balaban J connectivity index is 2.46. The fourth-order valence-electron chi connectivity index (χ4n) is 2.14. The van der Waals surface area contributed by atoms with Crippen LogP contribution in [0.1, 0.15) is 26.2 Å². The topological polar surface area (TPSA) is 69.6 Å². The SMILES string of the molecule is CNCCC(=O)N1CCC(C(=O)O)CC1C. The second-order valence-electron chi connectivity index (χ2n) is 4.35. The van der Waals surface area contributed by atoms with E-state index in [2.05, 4.69) is 5.32 Å². The van der Waals surface area contributed by atoms with Gasteiger partial charge >= 0.3 is 5.97 Å². The van der Waals surface area contributed by atoms with Crippen LogP contribution in [0, 0.1) is 5.92 Å². The van der Waals surface area contributed by atoms with Crippen LogP contribution in [0.5, 0.6) is 0 Å². The maximum absolute atomic E-state index is 11.8. The van der Waals surface area contributed by atoms with E-state index in [0.717, 1.165) is 0 Å². The number of carboxylic acids is 1. The van der Waals surface area contributed by atoms with Gasteiger partial charge in [-0.25, -0.2) is 0 Å². The smallest absolute Gasteiger partial charge is 0.306 e. The number of amides is 1. The number of carbonyl (C=O) groups excluding carboxylic acids is 1. The molecule has 0 bridgehead atoms. The highest BCUT2D eigenvalue weighted by Gasteiger charge is 2.31. The molecule has 0 saturated carbocycles. The molecule has 0 aromatic carbocycles. The Kier molecular flexibility index (Phi) is 4.73. The first-order valence-corrected chi connectivity index (χ1v) is 5.73. The average molecular weight is 228 g/mol. The third-order valence-electron chi connectivity index (χ3n) is 3.13. The summed E-state index contributed by atoms with van der Waals surface area (Å²) in [5.41, 5.74) is 0. The molecule has 92 valence electrons. The maximum Gasteiger partial charge on any atom is 0.306 e. The van der Waals surface area contributed by atoms with Crippen LogP contribution in [-0.2, 0) is 9.59 Å². The summed E-state index contributed by atoms with van der Waals surface area (Å²) in [6.07, 6.45) is 1.63. The molecule has 0 aromatic heterocycles. The summed E-state index contributed by atoms with van der Waals surface area (Å²) in [6.45, 7) is 3.16. The fraction of sp³-hybridized carbons (Fsp3) is 0.818. The molecule has 2 atom stereocenters. The molecule has 1 saturated heterocycles. The molecule has 2 N–H and O–H groups in total. The van der Waals surface area contributed by atoms with Crippen molar-refractivity contribution in [3.05, 3.63) is 0 Å². The number of carbonyl (C=O) groups is 2. The van der Waals surface area contributed by atoms with Crippen molar-refractivity contribution in [1.82, 2.24) is 10.2 Å². The molecule has 0 aromatic rings. The molecular formula is C11H20N2O3. The van der Waals surface area contributed by atoms with Gasteiger partial charge in [-0.2, -0.15) is 0 Å². The minimum Gasteiger partial charge on any atom is -0.481 e. The normalized spacial score (nSPS) is 25.5. The molecule has 0 radical (unpaired) electrons. The summed E-state index contributed by atoms with van der Waals surface area (Å²) in [7, 11) is 1.81. The van der Waals surface area contributed by atoms with E-state index < -0.39 is 5.97 Å². The van der Waals surface area contributed by atoms with Crippen LogP contribution in [0.25, 0.3) is 0 Å². The molecule has 5 heteroatoms. The monoisotopic (exact) mass is 228 g/mol. The van der Waals surface area contributed by atoms with E-state index >= 15 is 0 Å². The maximum atomic E-state index is 11.8. The number of rotatable bonds is 4. The van der Waals surface area contributed by atoms with Gasteiger partial charge in [0.25, 0.3) is 0 Å². The summed E-state index contributed by atoms with van der Waals surface area (Å²) in [6, 6.07) is 0.0409. The number of aliphatic carboxylic acids is 1. The Labute approximate surface area is 95.8 Å². The largest absolute Gasteiger partial charge is 0.481 e. The van der Waals surface area contributed by atoms with Crippen molar-refractivity contribution in [2.45, 2.75) is 32.2 Å². The second-order valence-corrected chi connectivity index (χ2v) is 4.35. The Morgan fingerprint density at radius 2 is 2.19 bits per heavy atom. The van der Waals surface area contributed by atoms with Crippen molar-refractivity contribution >= 4 is 11.9 Å². The first-order chi connectivity index (χ1) is 7.56. The van der Waals surface area contributed by atoms with E-state index in [1.54, 1.807) is 4.90 Å². The van der Waals surface area contributed by atoms with Crippen molar-refractivity contribution in [3.63, 3.8) is 0 Å². The van der Waals surface area contributed by atoms with Gasteiger partial charge in [0.05, 0.1) is 5.92 Å². The van der Waals surface area contributed by atoms with E-state index in [-0.39, 0.29) is 17.9 Å². The lowest BCUT2D eigenvalue weighted by molar-refractivity contribution is -0.147. The lowest BCUT2D eigenvalue weighted by Gasteiger charge is -2.36. The number of nitrogens with zero attached hydrogens (tertiary/aromatic N) is 1. The van der Waals surface area contributed by atoms with Crippen molar-refractivity contribution in [2.24, 2.45) is 5.92 Å². The Morgan fingerprint density at radius 3 is 2.69 bits per heavy atom. The molecule has 2 unspecified atom stereocenters. The van der Waals surface area contributed by atoms with Gasteiger partial charge in [-0.15, -0.1) is 0 Å². The molecular weight excluding hydrogens is 208 g/mol. The fourth-order valence-corrected chi connectivity index (χ4v) is 2.14. The van der Waals surface area contributed by atoms with Crippen LogP contribution >= 0.6 is 0 Å². The zero-order valence-electron chi connectivity index (χ0n) is 9.90. The van der Waals surface area contributed by atoms with Crippen LogP contribution < -0.4 is 5.32 Å². The molecule has 1 amide bonds. The standard InChI is InChI=1S/C11H20N2O3/c1-8-7-9(11(15)16)4-6-13(8)10(14)3-5-12-2/h8-9,12H,3-7H2,1-2H3,(H,15,16). The molecule has 0 spiro atoms. The zero-order valence-corrected chi connectivity index (χ0v) is 9.90. The highest BCUT2D eigenvalue weighted by molar-refractivity contribution is 5.77. The first-order valence-electron chi connectivity index (χ1n) is 5.73. The van der Waals surface area contributed by atoms with Crippen molar-refractivity contribution < 1.29 is 14.7 Å². The Bertz CT molecular complexity index is 268. The zero-order chi connectivity index (χ0) is 12.1. The summed E-state index contributed by atoms with van der Waals surface area (Å²) < 4.78 is 0. The predicted molar refractivity (Wildman–Crippen MR) is 60.1 cm³/mol. The van der Waals surface area contributed by atoms with Crippen molar-refractivity contribution in [3.8, 4) is 0 Å². The summed E-state index contributed by atoms with van der Waals surface area (Å²) in [5, 5.41) is 11.8. The van der Waals surface area contributed by atoms with E-state index in [9.17, 15) is 9.59 Å². The van der Waals surface area contributed by atoms with Gasteiger partial charge in [-0.3, -0.25) is 9.59 Å². The average Bonchev–Trinajstić information content (AvgIpc) is 2.25. The van der Waals surface area contributed by atoms with Gasteiger partial charge in [0, 0.05) is 25.6 Å². The number of likely N-dealkylation sites (tertiary alicyclic amines) is 1. The van der Waals surface area contributed by atoms with E-state index in [4.69, 9.17) is 5.11 Å². The minimum atomic E-state index is -0.742. The highest BCUT2D eigenvalue weighted by Crippen LogP contribution is 2.23. The first kappa shape index (κ1) is 13.0. The lowest BCUT2D eigenvalue weighted by Crippen LogP contribution is -2.46. The Hall–Kier alpha value is -1.10. The molecule has 1 heterocycles. The number of nitrogens with one attached hydrogen (secondary N) is 1. The minimum absolute atomic E-state index is 0.0409. The quantitative estimate of drug-likeness (QED) is 0.726. The second kappa shape index (κ2) is 5.84. The Morgan fingerprint density at radius 1 is 1.50 bits per heavy atom. The molecule has 1 aliphatic rings. The number of carboxylic acid groups (broad SMARTS) is 1. The van der Waals surface area contributed by atoms with Crippen LogP contribution in [-0.4, -0.2) is 48.1 Å². The van der Waals surface area contributed by atoms with Gasteiger partial charge < -0.3 is 15.3 Å². The third-order valence-corrected chi connectivity index (χ3v) is 3.13. The van der Waals surface area contributed by atoms with Crippen molar-refractivity contribution in [2.75, 3.05) is 20.1 Å².